The number of hydrogen-bond acceptors (Lipinski definition) is 5. The lowest BCUT2D eigenvalue weighted by molar-refractivity contribution is -0.135. The molecule has 130 valence electrons. The number of hydrogen-bond donors (Lipinski definition) is 3. The Morgan fingerprint density at radius 3 is 2.17 bits per heavy atom. The number of Topliss-reactive ketones (excluding diaryl/α,β-unsaturated/α-hetero) is 1. The zero-order chi connectivity index (χ0) is 17.6. The van der Waals surface area contributed by atoms with E-state index >= 15 is 0 Å². The number of ketones is 1. The number of nitrogens with zero attached hydrogens (tertiary/aromatic N) is 1. The van der Waals surface area contributed by atoms with Gasteiger partial charge in [0.05, 0.1) is 6.04 Å². The van der Waals surface area contributed by atoms with Crippen LogP contribution < -0.4 is 16.9 Å². The van der Waals surface area contributed by atoms with Gasteiger partial charge in [-0.15, -0.1) is 0 Å². The Labute approximate surface area is 137 Å². The first kappa shape index (κ1) is 19.1. The molecule has 1 fully saturated rings. The quantitative estimate of drug-likeness (QED) is 0.362. The van der Waals surface area contributed by atoms with Crippen LogP contribution in [0, 0.1) is 17.8 Å². The molecule has 7 heteroatoms. The molecule has 7 nitrogen and oxygen atoms in total. The molecule has 1 aliphatic rings. The average molecular weight is 324 g/mol. The smallest absolute Gasteiger partial charge is 0.224 e. The molecule has 0 aromatic carbocycles. The topological polar surface area (TPSA) is 128 Å². The van der Waals surface area contributed by atoms with E-state index in [-0.39, 0.29) is 23.3 Å². The van der Waals surface area contributed by atoms with Gasteiger partial charge >= 0.3 is 0 Å². The van der Waals surface area contributed by atoms with Gasteiger partial charge < -0.3 is 16.9 Å². The van der Waals surface area contributed by atoms with Crippen LogP contribution >= 0.6 is 0 Å². The molecule has 0 spiro atoms. The van der Waals surface area contributed by atoms with Crippen molar-refractivity contribution in [2.24, 2.45) is 34.4 Å². The van der Waals surface area contributed by atoms with Crippen LogP contribution in [0.25, 0.3) is 0 Å². The van der Waals surface area contributed by atoms with Gasteiger partial charge in [0.1, 0.15) is 5.71 Å². The Kier molecular flexibility index (Phi) is 7.19. The number of nitrogens with one attached hydrogen (secondary N) is 1. The van der Waals surface area contributed by atoms with Crippen LogP contribution in [0.15, 0.2) is 5.10 Å². The molecule has 1 aliphatic carbocycles. The maximum Gasteiger partial charge on any atom is 0.224 e. The summed E-state index contributed by atoms with van der Waals surface area (Å²) in [5.41, 5.74) is 5.58. The summed E-state index contributed by atoms with van der Waals surface area (Å²) in [6.07, 6.45) is 3.60. The molecule has 1 rings (SSSR count). The summed E-state index contributed by atoms with van der Waals surface area (Å²) in [7, 11) is 0. The second-order valence-electron chi connectivity index (χ2n) is 6.66. The SMILES string of the molecule is CC(=O)C(=NN)C(CC(C)C)NC(=O)[C@@H]1CCCC[C@@H]1C(N)=O. The van der Waals surface area contributed by atoms with E-state index in [2.05, 4.69) is 10.4 Å². The molecule has 0 aliphatic heterocycles. The number of hydrazone groups is 1. The van der Waals surface area contributed by atoms with E-state index in [1.807, 2.05) is 13.8 Å². The van der Waals surface area contributed by atoms with Gasteiger partial charge in [-0.25, -0.2) is 0 Å². The molecule has 0 heterocycles. The zero-order valence-electron chi connectivity index (χ0n) is 14.2. The van der Waals surface area contributed by atoms with Crippen LogP contribution in [0.5, 0.6) is 0 Å². The molecule has 23 heavy (non-hydrogen) atoms. The summed E-state index contributed by atoms with van der Waals surface area (Å²) in [6, 6.07) is -0.541. The van der Waals surface area contributed by atoms with Crippen molar-refractivity contribution in [3.63, 3.8) is 0 Å². The van der Waals surface area contributed by atoms with E-state index in [1.54, 1.807) is 0 Å². The van der Waals surface area contributed by atoms with Crippen molar-refractivity contribution in [2.45, 2.75) is 58.9 Å². The standard InChI is InChI=1S/C16H28N4O3/c1-9(2)8-13(14(20-18)10(3)21)19-16(23)12-7-5-4-6-11(12)15(17)22/h9,11-13H,4-8,18H2,1-3H3,(H2,17,22)(H,19,23)/t11-,12+,13?/m0/s1. The lowest BCUT2D eigenvalue weighted by Crippen LogP contribution is -2.50. The van der Waals surface area contributed by atoms with Gasteiger partial charge in [0.25, 0.3) is 0 Å². The molecule has 3 atom stereocenters. The number of rotatable bonds is 7. The molecular formula is C16H28N4O3. The van der Waals surface area contributed by atoms with Gasteiger partial charge in [-0.05, 0) is 25.2 Å². The first-order valence-electron chi connectivity index (χ1n) is 8.16. The van der Waals surface area contributed by atoms with Gasteiger partial charge in [0.15, 0.2) is 5.78 Å². The van der Waals surface area contributed by atoms with E-state index in [4.69, 9.17) is 11.6 Å². The highest BCUT2D eigenvalue weighted by atomic mass is 16.2. The van der Waals surface area contributed by atoms with E-state index in [1.165, 1.54) is 6.92 Å². The average Bonchev–Trinajstić information content (AvgIpc) is 2.46. The van der Waals surface area contributed by atoms with E-state index in [9.17, 15) is 14.4 Å². The molecule has 1 saturated carbocycles. The number of carbonyl (C=O) groups is 3. The second-order valence-corrected chi connectivity index (χ2v) is 6.66. The summed E-state index contributed by atoms with van der Waals surface area (Å²) in [6.45, 7) is 5.35. The zero-order valence-corrected chi connectivity index (χ0v) is 14.2. The third-order valence-corrected chi connectivity index (χ3v) is 4.32. The Balaban J connectivity index is 2.91. The minimum absolute atomic E-state index is 0.151. The van der Waals surface area contributed by atoms with Crippen LogP contribution in [0.4, 0.5) is 0 Å². The lowest BCUT2D eigenvalue weighted by Gasteiger charge is -2.30. The molecule has 0 saturated heterocycles. The van der Waals surface area contributed by atoms with Gasteiger partial charge in [-0.1, -0.05) is 26.7 Å². The van der Waals surface area contributed by atoms with Crippen LogP contribution in [-0.2, 0) is 14.4 Å². The summed E-state index contributed by atoms with van der Waals surface area (Å²) in [4.78, 5) is 35.9. The van der Waals surface area contributed by atoms with Crippen LogP contribution in [0.1, 0.15) is 52.9 Å². The fraction of sp³-hybridized carbons (Fsp3) is 0.750. The highest BCUT2D eigenvalue weighted by Gasteiger charge is 2.36. The number of nitrogens with two attached hydrogens (primary N) is 2. The van der Waals surface area contributed by atoms with Crippen LogP contribution in [0.3, 0.4) is 0 Å². The van der Waals surface area contributed by atoms with Gasteiger partial charge in [0.2, 0.25) is 11.8 Å². The van der Waals surface area contributed by atoms with E-state index in [0.717, 1.165) is 12.8 Å². The largest absolute Gasteiger partial charge is 0.369 e. The first-order valence-corrected chi connectivity index (χ1v) is 8.16. The third-order valence-electron chi connectivity index (χ3n) is 4.32. The minimum Gasteiger partial charge on any atom is -0.369 e. The van der Waals surface area contributed by atoms with E-state index < -0.39 is 23.8 Å². The summed E-state index contributed by atoms with van der Waals surface area (Å²) < 4.78 is 0. The molecule has 2 amide bonds. The van der Waals surface area contributed by atoms with Crippen molar-refractivity contribution < 1.29 is 14.4 Å². The van der Waals surface area contributed by atoms with Gasteiger partial charge in [-0.3, -0.25) is 14.4 Å². The predicted molar refractivity (Wildman–Crippen MR) is 88.3 cm³/mol. The van der Waals surface area contributed by atoms with Crippen molar-refractivity contribution >= 4 is 23.3 Å². The van der Waals surface area contributed by atoms with Crippen LogP contribution in [-0.4, -0.2) is 29.4 Å². The molecular weight excluding hydrogens is 296 g/mol. The normalized spacial score (nSPS) is 23.4. The predicted octanol–water partition coefficient (Wildman–Crippen LogP) is 0.713. The van der Waals surface area contributed by atoms with Gasteiger partial charge in [-0.2, -0.15) is 5.10 Å². The number of carbonyl (C=O) groups excluding carboxylic acids is 3. The monoisotopic (exact) mass is 324 g/mol. The highest BCUT2D eigenvalue weighted by molar-refractivity contribution is 6.41. The Morgan fingerprint density at radius 2 is 1.74 bits per heavy atom. The Bertz CT molecular complexity index is 488. The maximum atomic E-state index is 12.6. The maximum absolute atomic E-state index is 12.6. The Morgan fingerprint density at radius 1 is 1.17 bits per heavy atom. The van der Waals surface area contributed by atoms with E-state index in [0.29, 0.717) is 19.3 Å². The minimum atomic E-state index is -0.541. The van der Waals surface area contributed by atoms with Crippen LogP contribution in [0.2, 0.25) is 0 Å². The molecule has 5 N–H and O–H groups in total. The molecule has 0 aromatic heterocycles. The van der Waals surface area contributed by atoms with Crippen molar-refractivity contribution in [3.05, 3.63) is 0 Å². The van der Waals surface area contributed by atoms with Gasteiger partial charge in [0, 0.05) is 18.8 Å². The summed E-state index contributed by atoms with van der Waals surface area (Å²) in [5, 5.41) is 6.41. The molecule has 0 aromatic rings. The highest BCUT2D eigenvalue weighted by Crippen LogP contribution is 2.30. The van der Waals surface area contributed by atoms with Crippen molar-refractivity contribution in [3.8, 4) is 0 Å². The summed E-state index contributed by atoms with van der Waals surface area (Å²) in [5.74, 6) is 3.72. The van der Waals surface area contributed by atoms with Crippen molar-refractivity contribution in [2.75, 3.05) is 0 Å². The molecule has 1 unspecified atom stereocenters. The van der Waals surface area contributed by atoms with Crippen molar-refractivity contribution in [1.29, 1.82) is 0 Å². The molecule has 0 bridgehead atoms. The molecule has 0 radical (unpaired) electrons. The number of amides is 2. The second kappa shape index (κ2) is 8.64. The lowest BCUT2D eigenvalue weighted by atomic mass is 9.78. The summed E-state index contributed by atoms with van der Waals surface area (Å²) >= 11 is 0. The number of primary amides is 1. The first-order chi connectivity index (χ1) is 10.8. The fourth-order valence-corrected chi connectivity index (χ4v) is 3.20. The third kappa shape index (κ3) is 5.33. The fourth-order valence-electron chi connectivity index (χ4n) is 3.20. The Hall–Kier alpha value is -1.92. The van der Waals surface area contributed by atoms with Crippen molar-refractivity contribution in [1.82, 2.24) is 5.32 Å².